The average Bonchev–Trinajstić information content (AvgIpc) is 3.05. The number of aliphatic hydroxyl groups is 1. The number of methoxy groups -OCH3 is 1. The summed E-state index contributed by atoms with van der Waals surface area (Å²) in [6, 6.07) is 13.2. The molecule has 1 unspecified atom stereocenters. The number of aliphatic hydroxyl groups excluding tert-OH is 1. The molecule has 3 rings (SSSR count). The molecule has 0 aliphatic rings. The molecule has 5 heteroatoms. The Morgan fingerprint density at radius 1 is 1.14 bits per heavy atom. The molecule has 2 heterocycles. The van der Waals surface area contributed by atoms with Crippen LogP contribution in [0.3, 0.4) is 0 Å². The van der Waals surface area contributed by atoms with E-state index in [1.807, 2.05) is 41.8 Å². The molecule has 0 saturated carbocycles. The normalized spacial score (nSPS) is 12.1. The van der Waals surface area contributed by atoms with Crippen LogP contribution in [-0.4, -0.2) is 22.2 Å². The van der Waals surface area contributed by atoms with E-state index in [4.69, 9.17) is 4.74 Å². The Bertz CT molecular complexity index is 711. The Hall–Kier alpha value is -2.24. The van der Waals surface area contributed by atoms with Crippen molar-refractivity contribution in [1.29, 1.82) is 0 Å². The molecule has 0 bridgehead atoms. The average molecular weight is 298 g/mol. The quantitative estimate of drug-likeness (QED) is 0.803. The zero-order chi connectivity index (χ0) is 14.7. The Morgan fingerprint density at radius 2 is 1.95 bits per heavy atom. The van der Waals surface area contributed by atoms with Gasteiger partial charge >= 0.3 is 0 Å². The lowest BCUT2D eigenvalue weighted by Gasteiger charge is -2.06. The SMILES string of the molecule is COc1ccc(-c2csc(C(O)c3ccccc3)n2)cn1. The van der Waals surface area contributed by atoms with Crippen LogP contribution in [0.2, 0.25) is 0 Å². The van der Waals surface area contributed by atoms with E-state index in [0.717, 1.165) is 16.8 Å². The number of nitrogens with zero attached hydrogens (tertiary/aromatic N) is 2. The smallest absolute Gasteiger partial charge is 0.212 e. The molecular weight excluding hydrogens is 284 g/mol. The number of benzene rings is 1. The second kappa shape index (κ2) is 6.03. The van der Waals surface area contributed by atoms with Crippen LogP contribution in [-0.2, 0) is 0 Å². The first kappa shape index (κ1) is 13.7. The third-order valence-electron chi connectivity index (χ3n) is 3.11. The third-order valence-corrected chi connectivity index (χ3v) is 4.01. The lowest BCUT2D eigenvalue weighted by Crippen LogP contribution is -1.98. The van der Waals surface area contributed by atoms with Gasteiger partial charge in [0.25, 0.3) is 0 Å². The van der Waals surface area contributed by atoms with Crippen LogP contribution < -0.4 is 4.74 Å². The van der Waals surface area contributed by atoms with Crippen molar-refractivity contribution >= 4 is 11.3 Å². The fourth-order valence-corrected chi connectivity index (χ4v) is 2.81. The third kappa shape index (κ3) is 2.94. The Morgan fingerprint density at radius 3 is 2.62 bits per heavy atom. The van der Waals surface area contributed by atoms with Crippen molar-refractivity contribution in [2.75, 3.05) is 7.11 Å². The predicted octanol–water partition coefficient (Wildman–Crippen LogP) is 3.30. The minimum Gasteiger partial charge on any atom is -0.481 e. The summed E-state index contributed by atoms with van der Waals surface area (Å²) in [5.41, 5.74) is 2.55. The maximum absolute atomic E-state index is 10.3. The van der Waals surface area contributed by atoms with Crippen molar-refractivity contribution < 1.29 is 9.84 Å². The molecule has 1 aromatic carbocycles. The van der Waals surface area contributed by atoms with Gasteiger partial charge in [-0.2, -0.15) is 0 Å². The van der Waals surface area contributed by atoms with Gasteiger partial charge in [-0.05, 0) is 11.6 Å². The predicted molar refractivity (Wildman–Crippen MR) is 82.4 cm³/mol. The van der Waals surface area contributed by atoms with E-state index >= 15 is 0 Å². The van der Waals surface area contributed by atoms with Crippen molar-refractivity contribution in [3.8, 4) is 17.1 Å². The van der Waals surface area contributed by atoms with Crippen molar-refractivity contribution in [3.63, 3.8) is 0 Å². The topological polar surface area (TPSA) is 55.2 Å². The second-order valence-corrected chi connectivity index (χ2v) is 5.36. The van der Waals surface area contributed by atoms with E-state index in [1.165, 1.54) is 11.3 Å². The van der Waals surface area contributed by atoms with Crippen molar-refractivity contribution in [1.82, 2.24) is 9.97 Å². The molecule has 3 aromatic rings. The monoisotopic (exact) mass is 298 g/mol. The first-order valence-corrected chi connectivity index (χ1v) is 7.35. The van der Waals surface area contributed by atoms with Crippen LogP contribution in [0.25, 0.3) is 11.3 Å². The van der Waals surface area contributed by atoms with Crippen LogP contribution >= 0.6 is 11.3 Å². The number of rotatable bonds is 4. The summed E-state index contributed by atoms with van der Waals surface area (Å²) in [6.45, 7) is 0. The van der Waals surface area contributed by atoms with Crippen LogP contribution in [0, 0.1) is 0 Å². The summed E-state index contributed by atoms with van der Waals surface area (Å²) < 4.78 is 5.04. The summed E-state index contributed by atoms with van der Waals surface area (Å²) in [5.74, 6) is 0.568. The van der Waals surface area contributed by atoms with E-state index in [2.05, 4.69) is 9.97 Å². The Balaban J connectivity index is 1.85. The number of pyridine rings is 1. The fourth-order valence-electron chi connectivity index (χ4n) is 1.98. The highest BCUT2D eigenvalue weighted by molar-refractivity contribution is 7.10. The molecule has 0 amide bonds. The van der Waals surface area contributed by atoms with Crippen molar-refractivity contribution in [3.05, 3.63) is 64.6 Å². The lowest BCUT2D eigenvalue weighted by atomic mass is 10.1. The maximum atomic E-state index is 10.3. The maximum Gasteiger partial charge on any atom is 0.212 e. The highest BCUT2D eigenvalue weighted by atomic mass is 32.1. The molecule has 21 heavy (non-hydrogen) atoms. The van der Waals surface area contributed by atoms with Crippen LogP contribution in [0.5, 0.6) is 5.88 Å². The largest absolute Gasteiger partial charge is 0.481 e. The molecule has 0 spiro atoms. The van der Waals surface area contributed by atoms with Crippen molar-refractivity contribution in [2.24, 2.45) is 0 Å². The molecular formula is C16H14N2O2S. The molecule has 2 aromatic heterocycles. The number of hydrogen-bond acceptors (Lipinski definition) is 5. The number of aromatic nitrogens is 2. The first-order chi connectivity index (χ1) is 10.3. The van der Waals surface area contributed by atoms with Crippen molar-refractivity contribution in [2.45, 2.75) is 6.10 Å². The fraction of sp³-hybridized carbons (Fsp3) is 0.125. The molecule has 0 aliphatic heterocycles. The minimum absolute atomic E-state index is 0.568. The summed E-state index contributed by atoms with van der Waals surface area (Å²) in [4.78, 5) is 8.67. The van der Waals surface area contributed by atoms with E-state index in [9.17, 15) is 5.11 Å². The summed E-state index contributed by atoms with van der Waals surface area (Å²) >= 11 is 1.44. The lowest BCUT2D eigenvalue weighted by molar-refractivity contribution is 0.220. The number of ether oxygens (including phenoxy) is 1. The van der Waals surface area contributed by atoms with Gasteiger partial charge in [-0.15, -0.1) is 11.3 Å². The van der Waals surface area contributed by atoms with Gasteiger partial charge in [-0.3, -0.25) is 0 Å². The minimum atomic E-state index is -0.698. The van der Waals surface area contributed by atoms with Gasteiger partial charge in [-0.25, -0.2) is 9.97 Å². The van der Waals surface area contributed by atoms with Gasteiger partial charge < -0.3 is 9.84 Å². The van der Waals surface area contributed by atoms with Crippen LogP contribution in [0.4, 0.5) is 0 Å². The van der Waals surface area contributed by atoms with Gasteiger partial charge in [0, 0.05) is 23.2 Å². The first-order valence-electron chi connectivity index (χ1n) is 6.47. The second-order valence-electron chi connectivity index (χ2n) is 4.47. The molecule has 4 nitrogen and oxygen atoms in total. The van der Waals surface area contributed by atoms with Crippen LogP contribution in [0.15, 0.2) is 54.0 Å². The molecule has 106 valence electrons. The zero-order valence-corrected chi connectivity index (χ0v) is 12.2. The molecule has 1 N–H and O–H groups in total. The van der Waals surface area contributed by atoms with Gasteiger partial charge in [0.2, 0.25) is 5.88 Å². The molecule has 1 atom stereocenters. The summed E-state index contributed by atoms with van der Waals surface area (Å²) in [6.07, 6.45) is 1.02. The van der Waals surface area contributed by atoms with Gasteiger partial charge in [-0.1, -0.05) is 30.3 Å². The zero-order valence-electron chi connectivity index (χ0n) is 11.4. The van der Waals surface area contributed by atoms with Gasteiger partial charge in [0.15, 0.2) is 0 Å². The van der Waals surface area contributed by atoms with E-state index in [1.54, 1.807) is 19.4 Å². The molecule has 0 fully saturated rings. The van der Waals surface area contributed by atoms with E-state index < -0.39 is 6.10 Å². The van der Waals surface area contributed by atoms with E-state index in [-0.39, 0.29) is 0 Å². The molecule has 0 radical (unpaired) electrons. The number of thiazole rings is 1. The van der Waals surface area contributed by atoms with Crippen LogP contribution in [0.1, 0.15) is 16.7 Å². The van der Waals surface area contributed by atoms with Gasteiger partial charge in [0.05, 0.1) is 12.8 Å². The molecule has 0 aliphatic carbocycles. The highest BCUT2D eigenvalue weighted by Crippen LogP contribution is 2.29. The van der Waals surface area contributed by atoms with Gasteiger partial charge in [0.1, 0.15) is 11.1 Å². The molecule has 0 saturated heterocycles. The number of hydrogen-bond donors (Lipinski definition) is 1. The van der Waals surface area contributed by atoms with E-state index in [0.29, 0.717) is 10.9 Å². The Labute approximate surface area is 126 Å². The Kier molecular flexibility index (Phi) is 3.94. The summed E-state index contributed by atoms with van der Waals surface area (Å²) in [5, 5.41) is 12.9. The summed E-state index contributed by atoms with van der Waals surface area (Å²) in [7, 11) is 1.58. The highest BCUT2D eigenvalue weighted by Gasteiger charge is 2.15. The standard InChI is InChI=1S/C16H14N2O2S/c1-20-14-8-7-12(9-17-14)13-10-21-16(18-13)15(19)11-5-3-2-4-6-11/h2-10,15,19H,1H3.